The van der Waals surface area contributed by atoms with Crippen LogP contribution in [-0.4, -0.2) is 17.1 Å². The molecule has 0 aliphatic carbocycles. The minimum atomic E-state index is 0.899. The van der Waals surface area contributed by atoms with E-state index in [-0.39, 0.29) is 0 Å². The van der Waals surface area contributed by atoms with E-state index in [1.54, 1.807) is 0 Å². The molecule has 2 heteroatoms. The summed E-state index contributed by atoms with van der Waals surface area (Å²) in [7, 11) is 0.899. The highest BCUT2D eigenvalue weighted by Gasteiger charge is 1.65. The SMILES string of the molecule is CCCO[SiH3]. The van der Waals surface area contributed by atoms with Crippen molar-refractivity contribution in [3.05, 3.63) is 0 Å². The van der Waals surface area contributed by atoms with E-state index in [1.807, 2.05) is 0 Å². The summed E-state index contributed by atoms with van der Waals surface area (Å²) in [6.45, 7) is 3.06. The number of rotatable bonds is 2. The lowest BCUT2D eigenvalue weighted by Gasteiger charge is -1.85. The lowest BCUT2D eigenvalue weighted by molar-refractivity contribution is 0.349. The molecule has 1 nitrogen and oxygen atoms in total. The minimum absolute atomic E-state index is 0.899. The van der Waals surface area contributed by atoms with Crippen molar-refractivity contribution >= 4 is 10.5 Å². The zero-order chi connectivity index (χ0) is 4.12. The highest BCUT2D eigenvalue weighted by Crippen LogP contribution is 1.69. The molecular formula is C3H10OSi. The Kier molecular flexibility index (Phi) is 4.32. The van der Waals surface area contributed by atoms with Crippen LogP contribution in [0, 0.1) is 0 Å². The third-order valence-electron chi connectivity index (χ3n) is 0.408. The van der Waals surface area contributed by atoms with Crippen LogP contribution in [0.5, 0.6) is 0 Å². The maximum atomic E-state index is 4.83. The Morgan fingerprint density at radius 2 is 2.40 bits per heavy atom. The summed E-state index contributed by atoms with van der Waals surface area (Å²) < 4.78 is 4.83. The number of hydrogen-bond donors (Lipinski definition) is 0. The molecule has 0 aliphatic heterocycles. The van der Waals surface area contributed by atoms with Crippen molar-refractivity contribution in [2.75, 3.05) is 6.61 Å². The zero-order valence-electron chi connectivity index (χ0n) is 3.82. The predicted octanol–water partition coefficient (Wildman–Crippen LogP) is -0.307. The summed E-state index contributed by atoms with van der Waals surface area (Å²) in [4.78, 5) is 0. The Morgan fingerprint density at radius 3 is 2.40 bits per heavy atom. The monoisotopic (exact) mass is 90.1 g/mol. The standard InChI is InChI=1S/C3H10OSi/c1-2-3-4-5/h2-3H2,1,5H3. The molecule has 0 rings (SSSR count). The minimum Gasteiger partial charge on any atom is -0.428 e. The van der Waals surface area contributed by atoms with Crippen molar-refractivity contribution in [3.8, 4) is 0 Å². The highest BCUT2D eigenvalue weighted by atomic mass is 28.2. The normalized spacial score (nSPS) is 9.00. The van der Waals surface area contributed by atoms with Crippen LogP contribution in [-0.2, 0) is 4.43 Å². The summed E-state index contributed by atoms with van der Waals surface area (Å²) in [6, 6.07) is 0. The molecular weight excluding hydrogens is 80.1 g/mol. The van der Waals surface area contributed by atoms with Crippen LogP contribution in [0.3, 0.4) is 0 Å². The van der Waals surface area contributed by atoms with Gasteiger partial charge in [-0.3, -0.25) is 0 Å². The molecule has 0 N–H and O–H groups in total. The van der Waals surface area contributed by atoms with Gasteiger partial charge in [-0.05, 0) is 6.42 Å². The highest BCUT2D eigenvalue weighted by molar-refractivity contribution is 5.97. The van der Waals surface area contributed by atoms with Crippen LogP contribution >= 0.6 is 0 Å². The molecule has 0 heterocycles. The smallest absolute Gasteiger partial charge is 0.145 e. The second-order valence-corrected chi connectivity index (χ2v) is 1.57. The second kappa shape index (κ2) is 4.18. The first-order chi connectivity index (χ1) is 2.41. The molecule has 0 saturated heterocycles. The van der Waals surface area contributed by atoms with Crippen molar-refractivity contribution in [1.29, 1.82) is 0 Å². The molecule has 0 aromatic heterocycles. The van der Waals surface area contributed by atoms with Crippen molar-refractivity contribution in [2.45, 2.75) is 13.3 Å². The van der Waals surface area contributed by atoms with E-state index < -0.39 is 0 Å². The third kappa shape index (κ3) is 4.18. The van der Waals surface area contributed by atoms with E-state index in [0.717, 1.165) is 23.5 Å². The quantitative estimate of drug-likeness (QED) is 0.423. The third-order valence-corrected chi connectivity index (χ3v) is 0.816. The van der Waals surface area contributed by atoms with Crippen LogP contribution in [0.4, 0.5) is 0 Å². The van der Waals surface area contributed by atoms with E-state index in [9.17, 15) is 0 Å². The summed E-state index contributed by atoms with van der Waals surface area (Å²) in [5.74, 6) is 0. The Hall–Kier alpha value is 0.177. The van der Waals surface area contributed by atoms with Crippen molar-refractivity contribution in [1.82, 2.24) is 0 Å². The first kappa shape index (κ1) is 5.18. The lowest BCUT2D eigenvalue weighted by Crippen LogP contribution is -1.83. The first-order valence-corrected chi connectivity index (χ1v) is 2.72. The van der Waals surface area contributed by atoms with Gasteiger partial charge in [0.1, 0.15) is 10.5 Å². The second-order valence-electron chi connectivity index (χ2n) is 0.993. The van der Waals surface area contributed by atoms with Gasteiger partial charge in [0.05, 0.1) is 0 Å². The molecule has 5 heavy (non-hydrogen) atoms. The maximum Gasteiger partial charge on any atom is 0.145 e. The lowest BCUT2D eigenvalue weighted by atomic mass is 10.5. The van der Waals surface area contributed by atoms with Crippen molar-refractivity contribution < 1.29 is 4.43 Å². The van der Waals surface area contributed by atoms with Gasteiger partial charge in [0.2, 0.25) is 0 Å². The van der Waals surface area contributed by atoms with Crippen LogP contribution in [0.2, 0.25) is 0 Å². The Bertz CT molecular complexity index is 14.4. The van der Waals surface area contributed by atoms with E-state index in [2.05, 4.69) is 6.92 Å². The summed E-state index contributed by atoms with van der Waals surface area (Å²) in [6.07, 6.45) is 1.16. The van der Waals surface area contributed by atoms with Gasteiger partial charge in [0, 0.05) is 6.61 Å². The molecule has 32 valence electrons. The van der Waals surface area contributed by atoms with Crippen molar-refractivity contribution in [3.63, 3.8) is 0 Å². The molecule has 0 radical (unpaired) electrons. The summed E-state index contributed by atoms with van der Waals surface area (Å²) in [5.41, 5.74) is 0. The average molecular weight is 90.2 g/mol. The average Bonchev–Trinajstić information content (AvgIpc) is 1.41. The molecule has 0 bridgehead atoms. The van der Waals surface area contributed by atoms with Gasteiger partial charge >= 0.3 is 0 Å². The summed E-state index contributed by atoms with van der Waals surface area (Å²) >= 11 is 0. The Balaban J connectivity index is 2.19. The van der Waals surface area contributed by atoms with E-state index in [0.29, 0.717) is 0 Å². The summed E-state index contributed by atoms with van der Waals surface area (Å²) in [5, 5.41) is 0. The Morgan fingerprint density at radius 1 is 1.80 bits per heavy atom. The van der Waals surface area contributed by atoms with Gasteiger partial charge in [-0.25, -0.2) is 0 Å². The largest absolute Gasteiger partial charge is 0.428 e. The maximum absolute atomic E-state index is 4.83. The molecule has 0 amide bonds. The fourth-order valence-electron chi connectivity index (χ4n) is 0.204. The molecule has 0 aromatic rings. The van der Waals surface area contributed by atoms with Crippen molar-refractivity contribution in [2.24, 2.45) is 0 Å². The molecule has 0 spiro atoms. The Labute approximate surface area is 35.9 Å². The molecule has 0 atom stereocenters. The fourth-order valence-corrected chi connectivity index (χ4v) is 0.612. The van der Waals surface area contributed by atoms with Gasteiger partial charge in [0.15, 0.2) is 0 Å². The van der Waals surface area contributed by atoms with Crippen LogP contribution < -0.4 is 0 Å². The van der Waals surface area contributed by atoms with E-state index in [1.165, 1.54) is 0 Å². The topological polar surface area (TPSA) is 9.23 Å². The van der Waals surface area contributed by atoms with Gasteiger partial charge in [-0.15, -0.1) is 0 Å². The van der Waals surface area contributed by atoms with Gasteiger partial charge in [0.25, 0.3) is 0 Å². The number of hydrogen-bond acceptors (Lipinski definition) is 1. The van der Waals surface area contributed by atoms with E-state index >= 15 is 0 Å². The van der Waals surface area contributed by atoms with Crippen LogP contribution in [0.15, 0.2) is 0 Å². The predicted molar refractivity (Wildman–Crippen MR) is 26.2 cm³/mol. The van der Waals surface area contributed by atoms with E-state index in [4.69, 9.17) is 4.43 Å². The first-order valence-electron chi connectivity index (χ1n) is 1.90. The fraction of sp³-hybridized carbons (Fsp3) is 1.00. The van der Waals surface area contributed by atoms with Gasteiger partial charge < -0.3 is 4.43 Å². The van der Waals surface area contributed by atoms with Crippen LogP contribution in [0.25, 0.3) is 0 Å². The molecule has 0 fully saturated rings. The van der Waals surface area contributed by atoms with Gasteiger partial charge in [-0.1, -0.05) is 6.92 Å². The van der Waals surface area contributed by atoms with Gasteiger partial charge in [-0.2, -0.15) is 0 Å². The molecule has 0 aromatic carbocycles. The van der Waals surface area contributed by atoms with Crippen LogP contribution in [0.1, 0.15) is 13.3 Å². The molecule has 0 aliphatic rings. The zero-order valence-corrected chi connectivity index (χ0v) is 5.82. The molecule has 0 unspecified atom stereocenters. The molecule has 0 saturated carbocycles.